The molecule has 5 nitrogen and oxygen atoms in total. The van der Waals surface area contributed by atoms with Crippen LogP contribution in [0, 0.1) is 6.92 Å². The van der Waals surface area contributed by atoms with Crippen LogP contribution >= 0.6 is 0 Å². The number of hydrogen-bond donors (Lipinski definition) is 1. The highest BCUT2D eigenvalue weighted by Crippen LogP contribution is 2.25. The summed E-state index contributed by atoms with van der Waals surface area (Å²) >= 11 is 0. The van der Waals surface area contributed by atoms with E-state index in [2.05, 4.69) is 15.2 Å². The largest absolute Gasteiger partial charge is 0.383 e. The minimum atomic E-state index is 0.481. The average Bonchev–Trinajstić information content (AvgIpc) is 2.92. The second kappa shape index (κ2) is 4.28. The van der Waals surface area contributed by atoms with Gasteiger partial charge in [-0.1, -0.05) is 42.0 Å². The fraction of sp³-hybridized carbons (Fsp3) is 0.0625. The first kappa shape index (κ1) is 11.8. The van der Waals surface area contributed by atoms with E-state index in [-0.39, 0.29) is 0 Å². The number of hydrogen-bond acceptors (Lipinski definition) is 4. The van der Waals surface area contributed by atoms with E-state index in [1.807, 2.05) is 55.5 Å². The van der Waals surface area contributed by atoms with E-state index in [0.717, 1.165) is 22.0 Å². The molecule has 2 heterocycles. The van der Waals surface area contributed by atoms with Gasteiger partial charge in [0.1, 0.15) is 11.3 Å². The average molecular weight is 275 g/mol. The maximum atomic E-state index is 6.00. The Bertz CT molecular complexity index is 954. The number of fused-ring (bicyclic) bond motifs is 3. The first-order valence-electron chi connectivity index (χ1n) is 6.71. The molecule has 0 spiro atoms. The van der Waals surface area contributed by atoms with Crippen LogP contribution in [0.4, 0.5) is 5.82 Å². The summed E-state index contributed by atoms with van der Waals surface area (Å²) in [6.45, 7) is 2.05. The van der Waals surface area contributed by atoms with Gasteiger partial charge in [0.05, 0.1) is 5.69 Å². The van der Waals surface area contributed by atoms with Crippen LogP contribution in [0.1, 0.15) is 5.56 Å². The number of aryl methyl sites for hydroxylation is 1. The van der Waals surface area contributed by atoms with Gasteiger partial charge in [0, 0.05) is 10.8 Å². The van der Waals surface area contributed by atoms with E-state index in [9.17, 15) is 0 Å². The minimum Gasteiger partial charge on any atom is -0.383 e. The molecule has 0 amide bonds. The van der Waals surface area contributed by atoms with Gasteiger partial charge in [-0.25, -0.2) is 4.98 Å². The lowest BCUT2D eigenvalue weighted by Crippen LogP contribution is -1.98. The quantitative estimate of drug-likeness (QED) is 0.580. The molecule has 2 N–H and O–H groups in total. The molecule has 0 aliphatic heterocycles. The first-order chi connectivity index (χ1) is 10.2. The summed E-state index contributed by atoms with van der Waals surface area (Å²) in [5.41, 5.74) is 9.43. The van der Waals surface area contributed by atoms with Crippen molar-refractivity contribution in [3.05, 3.63) is 54.1 Å². The number of nitrogen functional groups attached to an aromatic ring is 1. The Labute approximate surface area is 121 Å². The number of benzene rings is 2. The van der Waals surface area contributed by atoms with Crippen molar-refractivity contribution in [2.24, 2.45) is 0 Å². The van der Waals surface area contributed by atoms with Crippen molar-refractivity contribution >= 4 is 27.8 Å². The van der Waals surface area contributed by atoms with Gasteiger partial charge in [0.25, 0.3) is 0 Å². The Morgan fingerprint density at radius 1 is 0.905 bits per heavy atom. The van der Waals surface area contributed by atoms with Crippen molar-refractivity contribution in [1.82, 2.24) is 20.0 Å². The smallest absolute Gasteiger partial charge is 0.204 e. The van der Waals surface area contributed by atoms with Crippen LogP contribution in [-0.2, 0) is 0 Å². The molecule has 2 aromatic carbocycles. The number of pyridine rings is 1. The van der Waals surface area contributed by atoms with Crippen molar-refractivity contribution in [3.63, 3.8) is 0 Å². The fourth-order valence-corrected chi connectivity index (χ4v) is 2.43. The van der Waals surface area contributed by atoms with E-state index in [1.165, 1.54) is 5.56 Å². The molecule has 5 heteroatoms. The maximum Gasteiger partial charge on any atom is 0.204 e. The molecule has 0 aliphatic rings. The molecule has 21 heavy (non-hydrogen) atoms. The number of nitrogens with two attached hydrogens (primary N) is 1. The summed E-state index contributed by atoms with van der Waals surface area (Å²) < 4.78 is 0. The highest BCUT2D eigenvalue weighted by atomic mass is 15.5. The summed E-state index contributed by atoms with van der Waals surface area (Å²) in [4.78, 5) is 5.95. The second-order valence-electron chi connectivity index (χ2n) is 5.04. The zero-order valence-electron chi connectivity index (χ0n) is 11.5. The normalized spacial score (nSPS) is 11.3. The Morgan fingerprint density at radius 3 is 2.38 bits per heavy atom. The van der Waals surface area contributed by atoms with Gasteiger partial charge in [0.15, 0.2) is 0 Å². The Balaban J connectivity index is 2.02. The SMILES string of the molecule is Cc1ccc(-n2nc3nc(N)c4ccccc4c3n2)cc1. The number of nitrogens with zero attached hydrogens (tertiary/aromatic N) is 4. The van der Waals surface area contributed by atoms with Gasteiger partial charge in [-0.15, -0.1) is 15.0 Å². The summed E-state index contributed by atoms with van der Waals surface area (Å²) in [6, 6.07) is 15.9. The molecule has 0 saturated heterocycles. The zero-order chi connectivity index (χ0) is 14.4. The summed E-state index contributed by atoms with van der Waals surface area (Å²) in [7, 11) is 0. The molecule has 0 aliphatic carbocycles. The van der Waals surface area contributed by atoms with Gasteiger partial charge in [-0.2, -0.15) is 0 Å². The van der Waals surface area contributed by atoms with Crippen LogP contribution in [0.15, 0.2) is 48.5 Å². The van der Waals surface area contributed by atoms with Crippen molar-refractivity contribution in [2.75, 3.05) is 5.73 Å². The van der Waals surface area contributed by atoms with Gasteiger partial charge < -0.3 is 5.73 Å². The monoisotopic (exact) mass is 275 g/mol. The molecule has 0 unspecified atom stereocenters. The van der Waals surface area contributed by atoms with E-state index < -0.39 is 0 Å². The lowest BCUT2D eigenvalue weighted by molar-refractivity contribution is 0.763. The van der Waals surface area contributed by atoms with E-state index in [0.29, 0.717) is 11.5 Å². The molecule has 102 valence electrons. The van der Waals surface area contributed by atoms with Crippen LogP contribution in [0.2, 0.25) is 0 Å². The number of aromatic nitrogens is 4. The standard InChI is InChI=1S/C16H13N5/c1-10-6-8-11(9-7-10)21-19-14-12-4-2-3-5-13(12)15(17)18-16(14)20-21/h2-9H,1H3,(H2,17,18,20). The highest BCUT2D eigenvalue weighted by molar-refractivity contribution is 6.06. The van der Waals surface area contributed by atoms with Gasteiger partial charge in [0.2, 0.25) is 5.65 Å². The molecular weight excluding hydrogens is 262 g/mol. The molecular formula is C16H13N5. The van der Waals surface area contributed by atoms with Crippen molar-refractivity contribution in [3.8, 4) is 5.69 Å². The summed E-state index contributed by atoms with van der Waals surface area (Å²) in [5.74, 6) is 0.481. The molecule has 0 saturated carbocycles. The van der Waals surface area contributed by atoms with Crippen LogP contribution in [0.3, 0.4) is 0 Å². The molecule has 0 bridgehead atoms. The lowest BCUT2D eigenvalue weighted by Gasteiger charge is -1.99. The third-order valence-corrected chi connectivity index (χ3v) is 3.55. The molecule has 4 rings (SSSR count). The Kier molecular flexibility index (Phi) is 2.41. The van der Waals surface area contributed by atoms with Gasteiger partial charge in [-0.3, -0.25) is 0 Å². The fourth-order valence-electron chi connectivity index (χ4n) is 2.43. The lowest BCUT2D eigenvalue weighted by atomic mass is 10.1. The van der Waals surface area contributed by atoms with Gasteiger partial charge in [-0.05, 0) is 19.1 Å². The third-order valence-electron chi connectivity index (χ3n) is 3.55. The second-order valence-corrected chi connectivity index (χ2v) is 5.04. The van der Waals surface area contributed by atoms with E-state index in [1.54, 1.807) is 4.80 Å². The van der Waals surface area contributed by atoms with Gasteiger partial charge >= 0.3 is 0 Å². The topological polar surface area (TPSA) is 69.6 Å². The van der Waals surface area contributed by atoms with Crippen LogP contribution in [0.25, 0.3) is 27.6 Å². The van der Waals surface area contributed by atoms with Crippen LogP contribution in [-0.4, -0.2) is 20.0 Å². The summed E-state index contributed by atoms with van der Waals surface area (Å²) in [5, 5.41) is 10.9. The Hall–Kier alpha value is -2.95. The van der Waals surface area contributed by atoms with Crippen LogP contribution < -0.4 is 5.73 Å². The number of anilines is 1. The molecule has 2 aromatic heterocycles. The van der Waals surface area contributed by atoms with E-state index >= 15 is 0 Å². The molecule has 0 atom stereocenters. The van der Waals surface area contributed by atoms with Crippen molar-refractivity contribution in [1.29, 1.82) is 0 Å². The third kappa shape index (κ3) is 1.82. The maximum absolute atomic E-state index is 6.00. The summed E-state index contributed by atoms with van der Waals surface area (Å²) in [6.07, 6.45) is 0. The highest BCUT2D eigenvalue weighted by Gasteiger charge is 2.11. The molecule has 0 radical (unpaired) electrons. The van der Waals surface area contributed by atoms with Crippen LogP contribution in [0.5, 0.6) is 0 Å². The first-order valence-corrected chi connectivity index (χ1v) is 6.71. The van der Waals surface area contributed by atoms with Crippen molar-refractivity contribution < 1.29 is 0 Å². The predicted molar refractivity (Wildman–Crippen MR) is 83.3 cm³/mol. The van der Waals surface area contributed by atoms with Crippen molar-refractivity contribution in [2.45, 2.75) is 6.92 Å². The number of rotatable bonds is 1. The zero-order valence-corrected chi connectivity index (χ0v) is 11.5. The predicted octanol–water partition coefficient (Wildman–Crippen LogP) is 2.86. The Morgan fingerprint density at radius 2 is 1.62 bits per heavy atom. The minimum absolute atomic E-state index is 0.481. The van der Waals surface area contributed by atoms with E-state index in [4.69, 9.17) is 5.73 Å². The molecule has 4 aromatic rings. The molecule has 0 fully saturated rings.